The summed E-state index contributed by atoms with van der Waals surface area (Å²) < 4.78 is 10.9. The molecule has 5 heteroatoms. The van der Waals surface area contributed by atoms with Crippen LogP contribution in [0.2, 0.25) is 0 Å². The highest BCUT2D eigenvalue weighted by atomic mass is 32.2. The lowest BCUT2D eigenvalue weighted by Gasteiger charge is -2.12. The molecule has 2 aromatic rings. The average Bonchev–Trinajstić information content (AvgIpc) is 2.64. The first-order valence-corrected chi connectivity index (χ1v) is 8.60. The van der Waals surface area contributed by atoms with Gasteiger partial charge in [0.25, 0.3) is 0 Å². The van der Waals surface area contributed by atoms with Gasteiger partial charge in [0.15, 0.2) is 6.10 Å². The fourth-order valence-corrected chi connectivity index (χ4v) is 2.53. The lowest BCUT2D eigenvalue weighted by molar-refractivity contribution is -0.141. The van der Waals surface area contributed by atoms with Crippen LogP contribution in [0.4, 0.5) is 0 Å². The number of esters is 1. The van der Waals surface area contributed by atoms with Crippen molar-refractivity contribution in [3.05, 3.63) is 54.4 Å². The number of terminal acetylenes is 1. The molecule has 0 unspecified atom stereocenters. The molecule has 1 heterocycles. The number of carbonyl (C=O) groups excluding carboxylic acids is 1. The SMILES string of the molecule is C#C[C@@H](CC)Oc1ccc(COC(=O)CSc2ccncc2)cc1. The molecule has 0 aliphatic rings. The first-order chi connectivity index (χ1) is 11.7. The molecule has 2 rings (SSSR count). The van der Waals surface area contributed by atoms with Crippen LogP contribution in [-0.4, -0.2) is 22.8 Å². The number of nitrogens with zero attached hydrogens (tertiary/aromatic N) is 1. The Kier molecular flexibility index (Phi) is 7.19. The maximum atomic E-state index is 11.8. The van der Waals surface area contributed by atoms with Gasteiger partial charge in [-0.1, -0.05) is 25.0 Å². The third kappa shape index (κ3) is 5.98. The van der Waals surface area contributed by atoms with E-state index in [1.807, 2.05) is 43.3 Å². The van der Waals surface area contributed by atoms with Crippen LogP contribution in [0.5, 0.6) is 5.75 Å². The van der Waals surface area contributed by atoms with E-state index in [9.17, 15) is 4.79 Å². The highest BCUT2D eigenvalue weighted by Crippen LogP contribution is 2.18. The summed E-state index contributed by atoms with van der Waals surface area (Å²) in [5, 5.41) is 0. The minimum Gasteiger partial charge on any atom is -0.478 e. The van der Waals surface area contributed by atoms with Crippen LogP contribution in [0.3, 0.4) is 0 Å². The second-order valence-electron chi connectivity index (χ2n) is 4.96. The summed E-state index contributed by atoms with van der Waals surface area (Å²) in [6, 6.07) is 11.1. The summed E-state index contributed by atoms with van der Waals surface area (Å²) >= 11 is 1.42. The van der Waals surface area contributed by atoms with Gasteiger partial charge in [-0.15, -0.1) is 18.2 Å². The second-order valence-corrected chi connectivity index (χ2v) is 6.01. The van der Waals surface area contributed by atoms with Gasteiger partial charge in [-0.25, -0.2) is 0 Å². The van der Waals surface area contributed by atoms with E-state index in [2.05, 4.69) is 10.9 Å². The molecule has 1 aromatic carbocycles. The molecule has 0 saturated heterocycles. The molecule has 0 spiro atoms. The van der Waals surface area contributed by atoms with E-state index >= 15 is 0 Å². The van der Waals surface area contributed by atoms with E-state index in [0.29, 0.717) is 5.75 Å². The first kappa shape index (κ1) is 17.9. The maximum Gasteiger partial charge on any atom is 0.316 e. The Hall–Kier alpha value is -2.45. The molecular weight excluding hydrogens is 322 g/mol. The molecule has 4 nitrogen and oxygen atoms in total. The molecule has 0 amide bonds. The molecular formula is C19H19NO3S. The zero-order chi connectivity index (χ0) is 17.2. The highest BCUT2D eigenvalue weighted by Gasteiger charge is 2.06. The van der Waals surface area contributed by atoms with Crippen LogP contribution in [0.25, 0.3) is 0 Å². The van der Waals surface area contributed by atoms with Crippen molar-refractivity contribution >= 4 is 17.7 Å². The first-order valence-electron chi connectivity index (χ1n) is 7.61. The van der Waals surface area contributed by atoms with Gasteiger partial charge in [0.1, 0.15) is 12.4 Å². The molecule has 24 heavy (non-hydrogen) atoms. The smallest absolute Gasteiger partial charge is 0.316 e. The number of rotatable bonds is 8. The van der Waals surface area contributed by atoms with Crippen LogP contribution in [0.15, 0.2) is 53.7 Å². The number of thioether (sulfide) groups is 1. The van der Waals surface area contributed by atoms with Crippen LogP contribution in [0.1, 0.15) is 18.9 Å². The quantitative estimate of drug-likeness (QED) is 0.416. The van der Waals surface area contributed by atoms with Gasteiger partial charge >= 0.3 is 5.97 Å². The van der Waals surface area contributed by atoms with Crippen molar-refractivity contribution in [1.82, 2.24) is 4.98 Å². The van der Waals surface area contributed by atoms with E-state index < -0.39 is 0 Å². The van der Waals surface area contributed by atoms with Gasteiger partial charge in [-0.3, -0.25) is 9.78 Å². The molecule has 0 radical (unpaired) electrons. The monoisotopic (exact) mass is 341 g/mol. The van der Waals surface area contributed by atoms with Gasteiger partial charge in [0.05, 0.1) is 5.75 Å². The van der Waals surface area contributed by atoms with E-state index in [0.717, 1.165) is 16.9 Å². The number of aromatic nitrogens is 1. The molecule has 0 saturated carbocycles. The van der Waals surface area contributed by atoms with Crippen molar-refractivity contribution in [1.29, 1.82) is 0 Å². The van der Waals surface area contributed by atoms with Gasteiger partial charge in [0, 0.05) is 17.3 Å². The highest BCUT2D eigenvalue weighted by molar-refractivity contribution is 8.00. The summed E-state index contributed by atoms with van der Waals surface area (Å²) in [5.41, 5.74) is 0.901. The third-order valence-electron chi connectivity index (χ3n) is 3.16. The Morgan fingerprint density at radius 2 is 1.96 bits per heavy atom. The Morgan fingerprint density at radius 1 is 1.25 bits per heavy atom. The number of hydrogen-bond acceptors (Lipinski definition) is 5. The van der Waals surface area contributed by atoms with E-state index in [4.69, 9.17) is 15.9 Å². The fraction of sp³-hybridized carbons (Fsp3) is 0.263. The third-order valence-corrected chi connectivity index (χ3v) is 4.15. The van der Waals surface area contributed by atoms with Crippen LogP contribution >= 0.6 is 11.8 Å². The van der Waals surface area contributed by atoms with Crippen molar-refractivity contribution in [3.63, 3.8) is 0 Å². The number of ether oxygens (including phenoxy) is 2. The topological polar surface area (TPSA) is 48.4 Å². The van der Waals surface area contributed by atoms with E-state index in [1.165, 1.54) is 11.8 Å². The van der Waals surface area contributed by atoms with Gasteiger partial charge in [-0.2, -0.15) is 0 Å². The summed E-state index contributed by atoms with van der Waals surface area (Å²) in [6.07, 6.45) is 9.30. The van der Waals surface area contributed by atoms with Crippen LogP contribution in [-0.2, 0) is 16.1 Å². The molecule has 0 aliphatic heterocycles. The van der Waals surface area contributed by atoms with E-state index in [1.54, 1.807) is 12.4 Å². The lowest BCUT2D eigenvalue weighted by Crippen LogP contribution is -2.12. The van der Waals surface area contributed by atoms with Gasteiger partial charge < -0.3 is 9.47 Å². The van der Waals surface area contributed by atoms with Crippen molar-refractivity contribution in [3.8, 4) is 18.1 Å². The zero-order valence-electron chi connectivity index (χ0n) is 13.5. The molecule has 0 fully saturated rings. The Labute approximate surface area is 146 Å². The van der Waals surface area contributed by atoms with Crippen molar-refractivity contribution < 1.29 is 14.3 Å². The van der Waals surface area contributed by atoms with Gasteiger partial charge in [-0.05, 0) is 36.2 Å². The molecule has 0 bridgehead atoms. The molecule has 0 aliphatic carbocycles. The summed E-state index contributed by atoms with van der Waals surface area (Å²) in [4.78, 5) is 16.7. The number of carbonyl (C=O) groups is 1. The van der Waals surface area contributed by atoms with Crippen molar-refractivity contribution in [2.75, 3.05) is 5.75 Å². The standard InChI is InChI=1S/C19H19NO3S/c1-3-16(4-2)23-17-7-5-15(6-8-17)13-22-19(21)14-24-18-9-11-20-12-10-18/h1,5-12,16H,4,13-14H2,2H3/t16-/m0/s1. The average molecular weight is 341 g/mol. The minimum absolute atomic E-state index is 0.223. The molecule has 124 valence electrons. The van der Waals surface area contributed by atoms with E-state index in [-0.39, 0.29) is 24.4 Å². The van der Waals surface area contributed by atoms with Crippen molar-refractivity contribution in [2.24, 2.45) is 0 Å². The Balaban J connectivity index is 1.75. The lowest BCUT2D eigenvalue weighted by atomic mass is 10.2. The van der Waals surface area contributed by atoms with Crippen molar-refractivity contribution in [2.45, 2.75) is 31.0 Å². The number of hydrogen-bond donors (Lipinski definition) is 0. The summed E-state index contributed by atoms with van der Waals surface area (Å²) in [6.45, 7) is 2.21. The van der Waals surface area contributed by atoms with Gasteiger partial charge in [0.2, 0.25) is 0 Å². The minimum atomic E-state index is -0.254. The zero-order valence-corrected chi connectivity index (χ0v) is 14.3. The Morgan fingerprint density at radius 3 is 2.58 bits per heavy atom. The second kappa shape index (κ2) is 9.64. The predicted octanol–water partition coefficient (Wildman–Crippen LogP) is 3.71. The normalized spacial score (nSPS) is 11.3. The predicted molar refractivity (Wildman–Crippen MR) is 94.7 cm³/mol. The summed E-state index contributed by atoms with van der Waals surface area (Å²) in [5.74, 6) is 3.31. The largest absolute Gasteiger partial charge is 0.478 e. The maximum absolute atomic E-state index is 11.8. The van der Waals surface area contributed by atoms with Crippen LogP contribution < -0.4 is 4.74 Å². The number of benzene rings is 1. The summed E-state index contributed by atoms with van der Waals surface area (Å²) in [7, 11) is 0. The number of pyridine rings is 1. The molecule has 1 aromatic heterocycles. The fourth-order valence-electron chi connectivity index (χ4n) is 1.85. The molecule has 0 N–H and O–H groups in total. The van der Waals surface area contributed by atoms with Crippen LogP contribution in [0, 0.1) is 12.3 Å². The molecule has 1 atom stereocenters. The Bertz CT molecular complexity index is 680.